The lowest BCUT2D eigenvalue weighted by Crippen LogP contribution is -2.15. The molecule has 17 heavy (non-hydrogen) atoms. The molecule has 0 saturated carbocycles. The zero-order chi connectivity index (χ0) is 13.0. The van der Waals surface area contributed by atoms with Crippen LogP contribution in [0.25, 0.3) is 0 Å². The number of nitrogens with one attached hydrogen (secondary N) is 1. The van der Waals surface area contributed by atoms with Crippen molar-refractivity contribution >= 4 is 27.6 Å². The van der Waals surface area contributed by atoms with E-state index in [9.17, 15) is 4.79 Å². The largest absolute Gasteiger partial charge is 0.478 e. The van der Waals surface area contributed by atoms with Crippen molar-refractivity contribution in [2.45, 2.75) is 26.3 Å². The van der Waals surface area contributed by atoms with Crippen molar-refractivity contribution in [3.05, 3.63) is 27.7 Å². The van der Waals surface area contributed by atoms with E-state index in [-0.39, 0.29) is 11.6 Å². The van der Waals surface area contributed by atoms with Crippen LogP contribution in [-0.4, -0.2) is 17.1 Å². The zero-order valence-electron chi connectivity index (χ0n) is 9.62. The SMILES string of the molecule is CC[C@@H](C)Nc1cc(C(=O)O)c(Br)cc1C#N. The van der Waals surface area contributed by atoms with Crippen LogP contribution in [0.15, 0.2) is 16.6 Å². The number of benzene rings is 1. The molecule has 0 radical (unpaired) electrons. The van der Waals surface area contributed by atoms with Gasteiger partial charge in [-0.3, -0.25) is 0 Å². The van der Waals surface area contributed by atoms with Gasteiger partial charge in [-0.1, -0.05) is 6.92 Å². The van der Waals surface area contributed by atoms with Crippen LogP contribution in [0.3, 0.4) is 0 Å². The van der Waals surface area contributed by atoms with E-state index in [0.717, 1.165) is 6.42 Å². The van der Waals surface area contributed by atoms with Crippen LogP contribution in [0.1, 0.15) is 36.2 Å². The van der Waals surface area contributed by atoms with Gasteiger partial charge in [-0.2, -0.15) is 5.26 Å². The number of rotatable bonds is 4. The third kappa shape index (κ3) is 3.21. The van der Waals surface area contributed by atoms with Gasteiger partial charge >= 0.3 is 5.97 Å². The second-order valence-electron chi connectivity index (χ2n) is 3.75. The molecule has 1 atom stereocenters. The predicted octanol–water partition coefficient (Wildman–Crippen LogP) is 3.23. The Morgan fingerprint density at radius 1 is 1.65 bits per heavy atom. The summed E-state index contributed by atoms with van der Waals surface area (Å²) in [7, 11) is 0. The summed E-state index contributed by atoms with van der Waals surface area (Å²) in [5.74, 6) is -1.02. The zero-order valence-corrected chi connectivity index (χ0v) is 11.2. The number of hydrogen-bond donors (Lipinski definition) is 2. The molecule has 0 saturated heterocycles. The lowest BCUT2D eigenvalue weighted by Gasteiger charge is -2.15. The van der Waals surface area contributed by atoms with E-state index >= 15 is 0 Å². The highest BCUT2D eigenvalue weighted by molar-refractivity contribution is 9.10. The molecule has 90 valence electrons. The molecule has 0 heterocycles. The van der Waals surface area contributed by atoms with Crippen molar-refractivity contribution in [3.63, 3.8) is 0 Å². The molecule has 0 spiro atoms. The highest BCUT2D eigenvalue weighted by Crippen LogP contribution is 2.26. The molecule has 1 aromatic rings. The summed E-state index contributed by atoms with van der Waals surface area (Å²) < 4.78 is 0.413. The van der Waals surface area contributed by atoms with Crippen molar-refractivity contribution in [3.8, 4) is 6.07 Å². The van der Waals surface area contributed by atoms with Crippen LogP contribution in [-0.2, 0) is 0 Å². The van der Waals surface area contributed by atoms with E-state index in [0.29, 0.717) is 15.7 Å². The van der Waals surface area contributed by atoms with Gasteiger partial charge < -0.3 is 10.4 Å². The molecular weight excluding hydrogens is 284 g/mol. The van der Waals surface area contributed by atoms with Crippen LogP contribution < -0.4 is 5.32 Å². The van der Waals surface area contributed by atoms with E-state index in [1.807, 2.05) is 19.9 Å². The van der Waals surface area contributed by atoms with E-state index < -0.39 is 5.97 Å². The van der Waals surface area contributed by atoms with Gasteiger partial charge in [-0.05, 0) is 41.4 Å². The number of carboxylic acid groups (broad SMARTS) is 1. The van der Waals surface area contributed by atoms with Crippen LogP contribution in [0.2, 0.25) is 0 Å². The van der Waals surface area contributed by atoms with Crippen LogP contribution >= 0.6 is 15.9 Å². The van der Waals surface area contributed by atoms with Gasteiger partial charge in [0.05, 0.1) is 16.8 Å². The van der Waals surface area contributed by atoms with E-state index in [1.165, 1.54) is 12.1 Å². The molecule has 0 aromatic heterocycles. The second-order valence-corrected chi connectivity index (χ2v) is 4.60. The van der Waals surface area contributed by atoms with Crippen molar-refractivity contribution in [1.29, 1.82) is 5.26 Å². The summed E-state index contributed by atoms with van der Waals surface area (Å²) in [6.45, 7) is 3.99. The number of nitrogens with zero attached hydrogens (tertiary/aromatic N) is 1. The Kier molecular flexibility index (Phi) is 4.53. The average Bonchev–Trinajstić information content (AvgIpc) is 2.30. The number of anilines is 1. The first-order chi connectivity index (χ1) is 7.99. The van der Waals surface area contributed by atoms with Gasteiger partial charge in [0.2, 0.25) is 0 Å². The summed E-state index contributed by atoms with van der Waals surface area (Å²) in [5.41, 5.74) is 1.14. The molecule has 0 unspecified atom stereocenters. The molecule has 0 aliphatic heterocycles. The first kappa shape index (κ1) is 13.5. The summed E-state index contributed by atoms with van der Waals surface area (Å²) in [6.07, 6.45) is 0.892. The van der Waals surface area contributed by atoms with Crippen molar-refractivity contribution < 1.29 is 9.90 Å². The smallest absolute Gasteiger partial charge is 0.336 e. The third-order valence-corrected chi connectivity index (χ3v) is 3.13. The Bertz CT molecular complexity index is 480. The summed E-state index contributed by atoms with van der Waals surface area (Å²) >= 11 is 3.15. The van der Waals surface area contributed by atoms with Crippen molar-refractivity contribution in [2.24, 2.45) is 0 Å². The lowest BCUT2D eigenvalue weighted by atomic mass is 10.1. The molecule has 0 bridgehead atoms. The highest BCUT2D eigenvalue weighted by Gasteiger charge is 2.14. The molecule has 2 N–H and O–H groups in total. The lowest BCUT2D eigenvalue weighted by molar-refractivity contribution is 0.0696. The minimum atomic E-state index is -1.02. The fraction of sp³-hybridized carbons (Fsp3) is 0.333. The summed E-state index contributed by atoms with van der Waals surface area (Å²) in [4.78, 5) is 11.0. The molecule has 1 aromatic carbocycles. The van der Waals surface area contributed by atoms with Gasteiger partial charge in [0.25, 0.3) is 0 Å². The Balaban J connectivity index is 3.23. The molecule has 1 rings (SSSR count). The Morgan fingerprint density at radius 2 is 2.29 bits per heavy atom. The van der Waals surface area contributed by atoms with Gasteiger partial charge in [-0.25, -0.2) is 4.79 Å². The number of carboxylic acids is 1. The van der Waals surface area contributed by atoms with Crippen LogP contribution in [0.5, 0.6) is 0 Å². The number of hydrogen-bond acceptors (Lipinski definition) is 3. The minimum absolute atomic E-state index is 0.148. The maximum atomic E-state index is 11.0. The van der Waals surface area contributed by atoms with E-state index in [4.69, 9.17) is 10.4 Å². The Labute approximate surface area is 108 Å². The maximum absolute atomic E-state index is 11.0. The number of aromatic carboxylic acids is 1. The molecule has 5 heteroatoms. The first-order valence-electron chi connectivity index (χ1n) is 5.23. The molecule has 0 amide bonds. The Morgan fingerprint density at radius 3 is 2.76 bits per heavy atom. The van der Waals surface area contributed by atoms with Crippen LogP contribution in [0.4, 0.5) is 5.69 Å². The standard InChI is InChI=1S/C12H13BrN2O2/c1-3-7(2)15-11-5-9(12(16)17)10(13)4-8(11)6-14/h4-5,7,15H,3H2,1-2H3,(H,16,17)/t7-/m1/s1. The van der Waals surface area contributed by atoms with Gasteiger partial charge in [0, 0.05) is 10.5 Å². The maximum Gasteiger partial charge on any atom is 0.336 e. The monoisotopic (exact) mass is 296 g/mol. The molecule has 0 fully saturated rings. The second kappa shape index (κ2) is 5.69. The van der Waals surface area contributed by atoms with E-state index in [2.05, 4.69) is 21.2 Å². The van der Waals surface area contributed by atoms with Crippen molar-refractivity contribution in [1.82, 2.24) is 0 Å². The Hall–Kier alpha value is -1.54. The highest BCUT2D eigenvalue weighted by atomic mass is 79.9. The topological polar surface area (TPSA) is 73.1 Å². The third-order valence-electron chi connectivity index (χ3n) is 2.47. The molecule has 0 aliphatic rings. The minimum Gasteiger partial charge on any atom is -0.478 e. The molecule has 0 aliphatic carbocycles. The van der Waals surface area contributed by atoms with Gasteiger partial charge in [0.1, 0.15) is 6.07 Å². The fourth-order valence-corrected chi connectivity index (χ4v) is 1.83. The predicted molar refractivity (Wildman–Crippen MR) is 69.2 cm³/mol. The fourth-order valence-electron chi connectivity index (χ4n) is 1.32. The van der Waals surface area contributed by atoms with Gasteiger partial charge in [0.15, 0.2) is 0 Å². The summed E-state index contributed by atoms with van der Waals surface area (Å²) in [6, 6.07) is 5.24. The number of halogens is 1. The number of carbonyl (C=O) groups is 1. The molecular formula is C12H13BrN2O2. The molecule has 4 nitrogen and oxygen atoms in total. The normalized spacial score (nSPS) is 11.6. The average molecular weight is 297 g/mol. The number of nitriles is 1. The quantitative estimate of drug-likeness (QED) is 0.895. The van der Waals surface area contributed by atoms with Gasteiger partial charge in [-0.15, -0.1) is 0 Å². The summed E-state index contributed by atoms with van der Waals surface area (Å²) in [5, 5.41) is 21.1. The van der Waals surface area contributed by atoms with E-state index in [1.54, 1.807) is 0 Å². The van der Waals surface area contributed by atoms with Crippen LogP contribution in [0, 0.1) is 11.3 Å². The first-order valence-corrected chi connectivity index (χ1v) is 6.02. The van der Waals surface area contributed by atoms with Crippen molar-refractivity contribution in [2.75, 3.05) is 5.32 Å².